The molecule has 0 N–H and O–H groups in total. The summed E-state index contributed by atoms with van der Waals surface area (Å²) < 4.78 is 34.0. The highest BCUT2D eigenvalue weighted by Gasteiger charge is 2.60. The number of carbonyl (C=O) groups excluding carboxylic acids is 1. The largest absolute Gasteiger partial charge is 0.496 e. The van der Waals surface area contributed by atoms with Gasteiger partial charge < -0.3 is 14.2 Å². The van der Waals surface area contributed by atoms with Crippen molar-refractivity contribution in [1.29, 1.82) is 0 Å². The molecule has 2 heterocycles. The van der Waals surface area contributed by atoms with Gasteiger partial charge in [0.2, 0.25) is 0 Å². The Morgan fingerprint density at radius 2 is 2.03 bits per heavy atom. The van der Waals surface area contributed by atoms with Crippen LogP contribution < -0.4 is 4.74 Å². The highest BCUT2D eigenvalue weighted by Crippen LogP contribution is 2.59. The van der Waals surface area contributed by atoms with Crippen LogP contribution >= 0.6 is 11.8 Å². The molecule has 1 aliphatic heterocycles. The van der Waals surface area contributed by atoms with Crippen LogP contribution in [0, 0.1) is 17.6 Å². The van der Waals surface area contributed by atoms with Gasteiger partial charge in [0, 0.05) is 36.9 Å². The van der Waals surface area contributed by atoms with E-state index < -0.39 is 11.6 Å². The van der Waals surface area contributed by atoms with Crippen molar-refractivity contribution in [3.05, 3.63) is 59.2 Å². The van der Waals surface area contributed by atoms with Crippen LogP contribution in [0.15, 0.2) is 41.6 Å². The number of hydrogen-bond donors (Lipinski definition) is 0. The molecule has 0 radical (unpaired) electrons. The summed E-state index contributed by atoms with van der Waals surface area (Å²) in [5.74, 6) is 0.929. The minimum Gasteiger partial charge on any atom is -0.496 e. The first kappa shape index (κ1) is 23.9. The van der Waals surface area contributed by atoms with Crippen molar-refractivity contribution in [2.75, 3.05) is 32.5 Å². The van der Waals surface area contributed by atoms with Gasteiger partial charge in [-0.2, -0.15) is 0 Å². The maximum Gasteiger partial charge on any atom is 0.191 e. The summed E-state index contributed by atoms with van der Waals surface area (Å²) in [5.41, 5.74) is 2.56. The van der Waals surface area contributed by atoms with Gasteiger partial charge in [0.15, 0.2) is 28.4 Å². The lowest BCUT2D eigenvalue weighted by atomic mass is 9.92. The molecular weight excluding hydrogens is 470 g/mol. The van der Waals surface area contributed by atoms with Gasteiger partial charge in [0.1, 0.15) is 5.75 Å². The van der Waals surface area contributed by atoms with E-state index in [9.17, 15) is 13.6 Å². The number of methoxy groups -OCH3 is 1. The van der Waals surface area contributed by atoms with Crippen molar-refractivity contribution in [3.63, 3.8) is 0 Å². The fraction of sp³-hybridized carbons (Fsp3) is 0.423. The lowest BCUT2D eigenvalue weighted by Crippen LogP contribution is -2.28. The third-order valence-corrected chi connectivity index (χ3v) is 8.34. The molecule has 1 aromatic heterocycles. The third kappa shape index (κ3) is 4.47. The fourth-order valence-corrected chi connectivity index (χ4v) is 6.11. The molecule has 1 saturated carbocycles. The second-order valence-electron chi connectivity index (χ2n) is 9.46. The predicted molar refractivity (Wildman–Crippen MR) is 131 cm³/mol. The molecule has 2 fully saturated rings. The van der Waals surface area contributed by atoms with Crippen LogP contribution in [0.25, 0.3) is 11.4 Å². The Balaban J connectivity index is 1.15. The van der Waals surface area contributed by atoms with Crippen LogP contribution in [0.1, 0.15) is 35.7 Å². The molecule has 2 aromatic carbocycles. The molecule has 0 spiro atoms. The summed E-state index contributed by atoms with van der Waals surface area (Å²) in [6.45, 7) is 4.67. The molecule has 9 heteroatoms. The second kappa shape index (κ2) is 9.35. The maximum atomic E-state index is 13.6. The van der Waals surface area contributed by atoms with Crippen LogP contribution in [0.4, 0.5) is 8.78 Å². The summed E-state index contributed by atoms with van der Waals surface area (Å²) in [7, 11) is 3.43. The minimum absolute atomic E-state index is 0.0284. The number of nitrogens with zero attached hydrogens (tertiary/aromatic N) is 4. The van der Waals surface area contributed by atoms with Crippen molar-refractivity contribution >= 4 is 17.5 Å². The minimum atomic E-state index is -0.895. The first-order chi connectivity index (χ1) is 16.8. The van der Waals surface area contributed by atoms with Gasteiger partial charge in [-0.3, -0.25) is 4.79 Å². The van der Waals surface area contributed by atoms with Crippen molar-refractivity contribution in [2.45, 2.75) is 30.3 Å². The molecule has 5 rings (SSSR count). The fourth-order valence-electron chi connectivity index (χ4n) is 5.28. The number of rotatable bonds is 9. The number of likely N-dealkylation sites (tertiary alicyclic amines) is 1. The van der Waals surface area contributed by atoms with E-state index in [1.807, 2.05) is 23.7 Å². The first-order valence-electron chi connectivity index (χ1n) is 11.7. The number of halogens is 2. The number of thioether (sulfide) groups is 1. The first-order valence-corrected chi connectivity index (χ1v) is 12.7. The molecule has 184 valence electrons. The van der Waals surface area contributed by atoms with E-state index >= 15 is 0 Å². The molecular formula is C26H28F2N4O2S. The molecule has 0 bridgehead atoms. The van der Waals surface area contributed by atoms with Gasteiger partial charge in [-0.05, 0) is 68.1 Å². The smallest absolute Gasteiger partial charge is 0.191 e. The monoisotopic (exact) mass is 498 g/mol. The van der Waals surface area contributed by atoms with Crippen LogP contribution in [0.2, 0.25) is 0 Å². The van der Waals surface area contributed by atoms with Crippen molar-refractivity contribution in [1.82, 2.24) is 19.7 Å². The Kier molecular flexibility index (Phi) is 6.40. The van der Waals surface area contributed by atoms with Gasteiger partial charge in [0.25, 0.3) is 0 Å². The van der Waals surface area contributed by atoms with Gasteiger partial charge in [-0.25, -0.2) is 8.78 Å². The van der Waals surface area contributed by atoms with Crippen LogP contribution in [0.5, 0.6) is 5.75 Å². The lowest BCUT2D eigenvalue weighted by molar-refractivity contribution is 0.101. The summed E-state index contributed by atoms with van der Waals surface area (Å²) >= 11 is 1.61. The molecule has 2 aliphatic rings. The van der Waals surface area contributed by atoms with Crippen molar-refractivity contribution in [2.24, 2.45) is 13.0 Å². The number of ketones is 1. The lowest BCUT2D eigenvalue weighted by Gasteiger charge is -2.21. The SMILES string of the molecule is COc1ccc(C23C[C@@H]2CN(CCCSc2nnc(-c4ccc(F)c(F)c4)n2C)C3)cc1C(C)=O. The third-order valence-electron chi connectivity index (χ3n) is 7.23. The van der Waals surface area contributed by atoms with Crippen LogP contribution in [0.3, 0.4) is 0 Å². The van der Waals surface area contributed by atoms with Gasteiger partial charge in [0.05, 0.1) is 12.7 Å². The number of ether oxygens (including phenoxy) is 1. The summed E-state index contributed by atoms with van der Waals surface area (Å²) in [4.78, 5) is 14.6. The van der Waals surface area contributed by atoms with E-state index in [1.54, 1.807) is 25.8 Å². The van der Waals surface area contributed by atoms with E-state index in [4.69, 9.17) is 4.74 Å². The molecule has 0 amide bonds. The van der Waals surface area contributed by atoms with Crippen LogP contribution in [-0.4, -0.2) is 57.9 Å². The van der Waals surface area contributed by atoms with Gasteiger partial charge >= 0.3 is 0 Å². The molecule has 2 atom stereocenters. The van der Waals surface area contributed by atoms with E-state index in [-0.39, 0.29) is 11.2 Å². The van der Waals surface area contributed by atoms with Crippen molar-refractivity contribution < 1.29 is 18.3 Å². The molecule has 35 heavy (non-hydrogen) atoms. The predicted octanol–water partition coefficient (Wildman–Crippen LogP) is 4.73. The average molecular weight is 499 g/mol. The standard InChI is InChI=1S/C26H28F2N4O2S/c1-16(33)20-12-18(6-8-23(20)34-3)26-13-19(26)14-32(15-26)9-4-10-35-25-30-29-24(31(25)2)17-5-7-21(27)22(28)11-17/h5-8,11-12,19H,4,9-10,13-15H2,1-3H3/t19-,26?/m1/s1. The van der Waals surface area contributed by atoms with E-state index in [0.717, 1.165) is 49.1 Å². The highest BCUT2D eigenvalue weighted by molar-refractivity contribution is 7.99. The Labute approximate surface area is 207 Å². The Morgan fingerprint density at radius 3 is 2.77 bits per heavy atom. The quantitative estimate of drug-likeness (QED) is 0.242. The zero-order valence-electron chi connectivity index (χ0n) is 20.1. The second-order valence-corrected chi connectivity index (χ2v) is 10.5. The summed E-state index contributed by atoms with van der Waals surface area (Å²) in [6, 6.07) is 9.82. The zero-order chi connectivity index (χ0) is 24.7. The maximum absolute atomic E-state index is 13.6. The highest BCUT2D eigenvalue weighted by atomic mass is 32.2. The van der Waals surface area contributed by atoms with E-state index in [1.165, 1.54) is 18.1 Å². The number of aromatic nitrogens is 3. The Hall–Kier alpha value is -2.78. The normalized spacial score (nSPS) is 21.2. The van der Waals surface area contributed by atoms with Gasteiger partial charge in [-0.1, -0.05) is 17.8 Å². The number of Topliss-reactive ketones (excluding diaryl/α,β-unsaturated/α-hetero) is 1. The van der Waals surface area contributed by atoms with E-state index in [0.29, 0.717) is 28.6 Å². The average Bonchev–Trinajstić information content (AvgIpc) is 3.22. The van der Waals surface area contributed by atoms with Crippen molar-refractivity contribution in [3.8, 4) is 17.1 Å². The number of piperidine rings is 1. The molecule has 1 unspecified atom stereocenters. The Morgan fingerprint density at radius 1 is 1.20 bits per heavy atom. The molecule has 1 aliphatic carbocycles. The van der Waals surface area contributed by atoms with Crippen LogP contribution in [-0.2, 0) is 12.5 Å². The summed E-state index contributed by atoms with van der Waals surface area (Å²) in [6.07, 6.45) is 2.18. The molecule has 1 saturated heterocycles. The molecule has 6 nitrogen and oxygen atoms in total. The topological polar surface area (TPSA) is 60.2 Å². The van der Waals surface area contributed by atoms with E-state index in [2.05, 4.69) is 21.2 Å². The van der Waals surface area contributed by atoms with Gasteiger partial charge in [-0.15, -0.1) is 10.2 Å². The number of carbonyl (C=O) groups is 1. The summed E-state index contributed by atoms with van der Waals surface area (Å²) in [5, 5.41) is 9.14. The number of benzene rings is 2. The number of hydrogen-bond acceptors (Lipinski definition) is 6. The zero-order valence-corrected chi connectivity index (χ0v) is 20.9. The molecule has 3 aromatic rings. The number of fused-ring (bicyclic) bond motifs is 1. The Bertz CT molecular complexity index is 1280.